The van der Waals surface area contributed by atoms with Crippen LogP contribution in [0.5, 0.6) is 0 Å². The van der Waals surface area contributed by atoms with E-state index in [0.717, 1.165) is 7.35 Å². The fourth-order valence-corrected chi connectivity index (χ4v) is 37.9. The van der Waals surface area contributed by atoms with Crippen molar-refractivity contribution in [2.24, 2.45) is 0 Å². The van der Waals surface area contributed by atoms with E-state index in [1.807, 2.05) is 10.4 Å². The average molecular weight is 495 g/mol. The van der Waals surface area contributed by atoms with Gasteiger partial charge < -0.3 is 0 Å². The summed E-state index contributed by atoms with van der Waals surface area (Å²) in [6.07, 6.45) is 5.18. The predicted molar refractivity (Wildman–Crippen MR) is 104 cm³/mol. The van der Waals surface area contributed by atoms with Crippen LogP contribution in [0, 0.1) is 0 Å². The Bertz CT molecular complexity index is 859. The van der Waals surface area contributed by atoms with Crippen molar-refractivity contribution in [3.8, 4) is 0 Å². The molecule has 2 atom stereocenters. The van der Waals surface area contributed by atoms with Crippen molar-refractivity contribution < 1.29 is 20.0 Å². The molecule has 2 aromatic rings. The van der Waals surface area contributed by atoms with Crippen LogP contribution in [-0.2, 0) is 20.0 Å². The number of hydrogen-bond donors (Lipinski definition) is 0. The minimum absolute atomic E-state index is 0.795. The molecule has 1 aliphatic heterocycles. The van der Waals surface area contributed by atoms with E-state index in [2.05, 4.69) is 83.1 Å². The molecule has 120 valence electrons. The molecule has 0 aromatic heterocycles. The summed E-state index contributed by atoms with van der Waals surface area (Å²) in [6.45, 7) is 5.21. The molecular weight excluding hydrogens is 471 g/mol. The summed E-state index contributed by atoms with van der Waals surface area (Å²) in [4.78, 5) is 0. The van der Waals surface area contributed by atoms with Crippen molar-refractivity contribution >= 4 is 20.2 Å². The Kier molecular flexibility index (Phi) is 3.05. The standard InChI is InChI=1S/C20H18Si.2CH3.Hf/c1-21(2,19-11-15-7-3-4-8-16(15)12-19)20-13-17-9-5-6-10-18(17)14-20;;;/h3-14H,1-2H3;2*1H3;. The predicted octanol–water partition coefficient (Wildman–Crippen LogP) is 6.31. The van der Waals surface area contributed by atoms with Crippen LogP contribution in [0.25, 0.3) is 12.2 Å². The van der Waals surface area contributed by atoms with Gasteiger partial charge in [-0.25, -0.2) is 0 Å². The zero-order valence-electron chi connectivity index (χ0n) is 14.9. The summed E-state index contributed by atoms with van der Waals surface area (Å²) >= 11 is -2.60. The van der Waals surface area contributed by atoms with E-state index in [0.29, 0.717) is 0 Å². The first-order chi connectivity index (χ1) is 11.4. The number of fused-ring (bicyclic) bond motifs is 6. The van der Waals surface area contributed by atoms with E-state index in [1.54, 1.807) is 11.1 Å². The van der Waals surface area contributed by atoms with Gasteiger partial charge in [0, 0.05) is 0 Å². The Balaban J connectivity index is 1.80. The van der Waals surface area contributed by atoms with Crippen LogP contribution < -0.4 is 0 Å². The zero-order chi connectivity index (χ0) is 16.7. The van der Waals surface area contributed by atoms with Gasteiger partial charge in [-0.15, -0.1) is 0 Å². The topological polar surface area (TPSA) is 0 Å². The summed E-state index contributed by atoms with van der Waals surface area (Å²) < 4.78 is 7.03. The Morgan fingerprint density at radius 2 is 1.12 bits per heavy atom. The first-order valence-corrected chi connectivity index (χ1v) is 23.4. The summed E-state index contributed by atoms with van der Waals surface area (Å²) in [5.74, 6) is 0. The second-order valence-electron chi connectivity index (χ2n) is 8.77. The molecule has 24 heavy (non-hydrogen) atoms. The third-order valence-corrected chi connectivity index (χ3v) is 27.8. The normalized spacial score (nSPS) is 27.5. The molecule has 3 aliphatic rings. The number of allylic oxidation sites excluding steroid dienone is 2. The van der Waals surface area contributed by atoms with Gasteiger partial charge >= 0.3 is 151 Å². The molecule has 0 radical (unpaired) electrons. The first-order valence-electron chi connectivity index (χ1n) is 9.04. The van der Waals surface area contributed by atoms with Crippen LogP contribution in [0.1, 0.15) is 29.6 Å². The van der Waals surface area contributed by atoms with Crippen LogP contribution in [0.4, 0.5) is 0 Å². The summed E-state index contributed by atoms with van der Waals surface area (Å²) in [5, 5.41) is 3.68. The molecule has 1 heterocycles. The fraction of sp³-hybridized carbons (Fsp3) is 0.273. The van der Waals surface area contributed by atoms with Gasteiger partial charge in [0.1, 0.15) is 0 Å². The molecule has 2 aromatic carbocycles. The van der Waals surface area contributed by atoms with E-state index in [4.69, 9.17) is 0 Å². The van der Waals surface area contributed by atoms with Gasteiger partial charge in [-0.05, 0) is 0 Å². The van der Waals surface area contributed by atoms with E-state index >= 15 is 0 Å². The van der Waals surface area contributed by atoms with Crippen molar-refractivity contribution in [2.75, 3.05) is 0 Å². The van der Waals surface area contributed by atoms with Crippen LogP contribution in [0.3, 0.4) is 0 Å². The molecule has 0 N–H and O–H groups in total. The van der Waals surface area contributed by atoms with Crippen LogP contribution >= 0.6 is 0 Å². The quantitative estimate of drug-likeness (QED) is 0.376. The molecule has 2 unspecified atom stereocenters. The van der Waals surface area contributed by atoms with Crippen LogP contribution in [0.15, 0.2) is 58.9 Å². The third-order valence-electron chi connectivity index (χ3n) is 6.79. The monoisotopic (exact) mass is 496 g/mol. The Labute approximate surface area is 150 Å². The van der Waals surface area contributed by atoms with E-state index < -0.39 is 28.0 Å². The van der Waals surface area contributed by atoms with Crippen molar-refractivity contribution in [1.29, 1.82) is 0 Å². The van der Waals surface area contributed by atoms with E-state index in [9.17, 15) is 0 Å². The number of benzene rings is 2. The third kappa shape index (κ3) is 1.77. The Morgan fingerprint density at radius 1 is 0.708 bits per heavy atom. The van der Waals surface area contributed by atoms with Gasteiger partial charge in [0.2, 0.25) is 0 Å². The molecule has 0 amide bonds. The van der Waals surface area contributed by atoms with Crippen molar-refractivity contribution in [2.45, 2.75) is 29.8 Å². The average Bonchev–Trinajstić information content (AvgIpc) is 3.14. The molecule has 1 fully saturated rings. The van der Waals surface area contributed by atoms with Gasteiger partial charge in [-0.1, -0.05) is 0 Å². The number of hydrogen-bond acceptors (Lipinski definition) is 0. The molecule has 0 nitrogen and oxygen atoms in total. The second-order valence-corrected chi connectivity index (χ2v) is 30.4. The minimum atomic E-state index is -2.60. The number of rotatable bonds is 0. The van der Waals surface area contributed by atoms with Gasteiger partial charge in [0.05, 0.1) is 0 Å². The van der Waals surface area contributed by atoms with E-state index in [-0.39, 0.29) is 0 Å². The van der Waals surface area contributed by atoms with Crippen molar-refractivity contribution in [1.82, 2.24) is 0 Å². The van der Waals surface area contributed by atoms with Crippen molar-refractivity contribution in [3.05, 3.63) is 81.2 Å². The molecule has 2 heteroatoms. The summed E-state index contributed by atoms with van der Waals surface area (Å²) in [5.41, 5.74) is 6.34. The Morgan fingerprint density at radius 3 is 1.58 bits per heavy atom. The van der Waals surface area contributed by atoms with Crippen LogP contribution in [0.2, 0.25) is 22.5 Å². The molecule has 2 aliphatic carbocycles. The van der Waals surface area contributed by atoms with Gasteiger partial charge in [0.25, 0.3) is 0 Å². The van der Waals surface area contributed by atoms with Crippen LogP contribution in [-0.4, -0.2) is 8.07 Å². The Hall–Kier alpha value is -0.993. The van der Waals surface area contributed by atoms with Gasteiger partial charge in [0.15, 0.2) is 0 Å². The van der Waals surface area contributed by atoms with E-state index in [1.165, 1.54) is 11.1 Å². The molecule has 0 saturated carbocycles. The molecule has 0 bridgehead atoms. The first kappa shape index (κ1) is 15.3. The van der Waals surface area contributed by atoms with Gasteiger partial charge in [-0.3, -0.25) is 0 Å². The molecule has 5 rings (SSSR count). The second kappa shape index (κ2) is 4.79. The molecule has 0 spiro atoms. The maximum absolute atomic E-state index is 2.72. The van der Waals surface area contributed by atoms with Crippen molar-refractivity contribution in [3.63, 3.8) is 0 Å². The maximum atomic E-state index is 2.72. The summed E-state index contributed by atoms with van der Waals surface area (Å²) in [6, 6.07) is 18.4. The van der Waals surface area contributed by atoms with Gasteiger partial charge in [-0.2, -0.15) is 0 Å². The zero-order valence-corrected chi connectivity index (χ0v) is 19.5. The SMILES string of the molecule is C[Si]1(C)C2=Cc3ccccc3[CH]2[Hf]([CH3])([CH3])[CH]2C1=Cc1ccccc12. The summed E-state index contributed by atoms with van der Waals surface area (Å²) in [7, 11) is -1.56. The molecule has 1 saturated heterocycles. The fourth-order valence-electron chi connectivity index (χ4n) is 5.67. The molecular formula is C22H24HfSi.